The molecule has 0 spiro atoms. The summed E-state index contributed by atoms with van der Waals surface area (Å²) in [4.78, 5) is 40.5. The van der Waals surface area contributed by atoms with Crippen molar-refractivity contribution in [1.29, 1.82) is 0 Å². The standard InChI is InChI=1S/C73H123N3O9/c1-6-10-14-18-22-26-30-34-38-55-80-67-47-44-64(61-69(67)82-57-40-36-32-28-24-20-16-12-8-3)50-59-84-72(78)49-46-66(74-71(77)43-42-52-76-54-53-75(5)63-76)73(79)85-60-51-65-45-48-68(81-56-39-35-31-27-23-19-15-11-7-2)70(62-65)83-58-41-37-33-29-25-21-17-13-9-4/h44-45,47-48,53-54,61-63,66H,6-43,46,49-52,55-60H2,1-5H3/p+1/t66-/m0/s1. The molecule has 2 aromatic carbocycles. The molecule has 1 atom stereocenters. The van der Waals surface area contributed by atoms with E-state index >= 15 is 0 Å². The molecule has 0 aliphatic rings. The summed E-state index contributed by atoms with van der Waals surface area (Å²) in [5.74, 6) is 1.69. The normalized spacial score (nSPS) is 11.6. The molecule has 0 radical (unpaired) electrons. The number of nitrogens with zero attached hydrogens (tertiary/aromatic N) is 2. The fourth-order valence-corrected chi connectivity index (χ4v) is 10.8. The van der Waals surface area contributed by atoms with Crippen LogP contribution in [0.2, 0.25) is 0 Å². The van der Waals surface area contributed by atoms with Gasteiger partial charge >= 0.3 is 11.9 Å². The highest BCUT2D eigenvalue weighted by Gasteiger charge is 2.24. The van der Waals surface area contributed by atoms with E-state index < -0.39 is 18.0 Å². The molecule has 12 heteroatoms. The molecule has 1 heterocycles. The van der Waals surface area contributed by atoms with Crippen molar-refractivity contribution in [2.45, 2.75) is 310 Å². The number of rotatable bonds is 59. The number of carbonyl (C=O) groups excluding carboxylic acids is 3. The van der Waals surface area contributed by atoms with E-state index in [4.69, 9.17) is 28.4 Å². The molecule has 1 aromatic heterocycles. The number of nitrogens with one attached hydrogen (secondary N) is 1. The number of hydrogen-bond acceptors (Lipinski definition) is 9. The Kier molecular flexibility index (Phi) is 45.9. The predicted octanol–water partition coefficient (Wildman–Crippen LogP) is 18.6. The fraction of sp³-hybridized carbons (Fsp3) is 0.753. The zero-order valence-electron chi connectivity index (χ0n) is 55.0. The van der Waals surface area contributed by atoms with Gasteiger partial charge in [0.25, 0.3) is 0 Å². The average molecular weight is 1190 g/mol. The molecule has 3 aromatic rings. The number of esters is 2. The average Bonchev–Trinajstić information content (AvgIpc) is 4.14. The number of carbonyl (C=O) groups is 3. The molecule has 484 valence electrons. The molecule has 0 unspecified atom stereocenters. The van der Waals surface area contributed by atoms with Crippen LogP contribution in [0.5, 0.6) is 23.0 Å². The van der Waals surface area contributed by atoms with Gasteiger partial charge in [-0.25, -0.2) is 13.9 Å². The van der Waals surface area contributed by atoms with Crippen molar-refractivity contribution in [3.05, 3.63) is 66.2 Å². The van der Waals surface area contributed by atoms with Crippen LogP contribution in [0.25, 0.3) is 0 Å². The molecule has 0 bridgehead atoms. The van der Waals surface area contributed by atoms with Gasteiger partial charge in [0.05, 0.1) is 53.2 Å². The van der Waals surface area contributed by atoms with E-state index in [9.17, 15) is 14.4 Å². The summed E-state index contributed by atoms with van der Waals surface area (Å²) in [5.41, 5.74) is 1.95. The van der Waals surface area contributed by atoms with E-state index in [0.717, 1.165) is 85.5 Å². The topological polar surface area (TPSA) is 127 Å². The Morgan fingerprint density at radius 3 is 1.18 bits per heavy atom. The van der Waals surface area contributed by atoms with Gasteiger partial charge < -0.3 is 33.7 Å². The zero-order valence-corrected chi connectivity index (χ0v) is 55.0. The van der Waals surface area contributed by atoms with Gasteiger partial charge in [-0.05, 0) is 73.9 Å². The molecule has 1 amide bonds. The molecule has 0 saturated heterocycles. The Labute approximate surface area is 518 Å². The Hall–Kier alpha value is -4.74. The van der Waals surface area contributed by atoms with E-state index in [1.165, 1.54) is 180 Å². The van der Waals surface area contributed by atoms with E-state index in [1.807, 2.05) is 71.3 Å². The minimum atomic E-state index is -1.01. The summed E-state index contributed by atoms with van der Waals surface area (Å²) in [6, 6.07) is 11.0. The van der Waals surface area contributed by atoms with Crippen LogP contribution in [0.15, 0.2) is 55.1 Å². The minimum absolute atomic E-state index is 0.0561. The fourth-order valence-electron chi connectivity index (χ4n) is 10.8. The van der Waals surface area contributed by atoms with Crippen LogP contribution in [-0.2, 0) is 50.3 Å². The van der Waals surface area contributed by atoms with Crippen LogP contribution in [0.4, 0.5) is 0 Å². The second kappa shape index (κ2) is 52.4. The first-order chi connectivity index (χ1) is 41.8. The molecular weight excluding hydrogens is 1060 g/mol. The van der Waals surface area contributed by atoms with Crippen LogP contribution < -0.4 is 28.8 Å². The minimum Gasteiger partial charge on any atom is -0.490 e. The summed E-state index contributed by atoms with van der Waals surface area (Å²) in [5, 5.41) is 2.90. The molecule has 0 fully saturated rings. The highest BCUT2D eigenvalue weighted by Crippen LogP contribution is 2.31. The van der Waals surface area contributed by atoms with Crippen molar-refractivity contribution >= 4 is 17.8 Å². The van der Waals surface area contributed by atoms with E-state index in [2.05, 4.69) is 33.0 Å². The van der Waals surface area contributed by atoms with Gasteiger partial charge in [0.15, 0.2) is 23.0 Å². The first kappa shape index (κ1) is 74.5. The smallest absolute Gasteiger partial charge is 0.328 e. The largest absolute Gasteiger partial charge is 0.490 e. The Morgan fingerprint density at radius 1 is 0.435 bits per heavy atom. The SMILES string of the molecule is CCCCCCCCCCCOc1ccc(CCOC(=O)CC[C@H](NC(=O)CCCn2cc[n+](C)c2)C(=O)OCCc2ccc(OCCCCCCCCCCC)c(OCCCCCCCCCCC)c2)cc1OCCCCCCCCCCC. The van der Waals surface area contributed by atoms with Crippen molar-refractivity contribution in [2.75, 3.05) is 39.6 Å². The maximum Gasteiger partial charge on any atom is 0.328 e. The van der Waals surface area contributed by atoms with Crippen molar-refractivity contribution in [2.24, 2.45) is 7.05 Å². The van der Waals surface area contributed by atoms with Crippen molar-refractivity contribution in [1.82, 2.24) is 9.88 Å². The second-order valence-electron chi connectivity index (χ2n) is 24.2. The second-order valence-corrected chi connectivity index (χ2v) is 24.2. The third-order valence-corrected chi connectivity index (χ3v) is 16.2. The monoisotopic (exact) mass is 1190 g/mol. The third-order valence-electron chi connectivity index (χ3n) is 16.2. The Balaban J connectivity index is 1.58. The summed E-state index contributed by atoms with van der Waals surface area (Å²) < 4.78 is 41.0. The highest BCUT2D eigenvalue weighted by molar-refractivity contribution is 5.85. The van der Waals surface area contributed by atoms with E-state index in [-0.39, 0.29) is 38.4 Å². The van der Waals surface area contributed by atoms with Crippen LogP contribution >= 0.6 is 0 Å². The molecule has 3 rings (SSSR count). The Morgan fingerprint density at radius 2 is 0.800 bits per heavy atom. The lowest BCUT2D eigenvalue weighted by Crippen LogP contribution is -2.42. The molecule has 85 heavy (non-hydrogen) atoms. The lowest BCUT2D eigenvalue weighted by molar-refractivity contribution is -0.671. The third kappa shape index (κ3) is 39.6. The summed E-state index contributed by atoms with van der Waals surface area (Å²) in [7, 11) is 1.96. The first-order valence-electron chi connectivity index (χ1n) is 35.2. The van der Waals surface area contributed by atoms with E-state index in [1.54, 1.807) is 0 Å². The van der Waals surface area contributed by atoms with Gasteiger partial charge in [-0.2, -0.15) is 0 Å². The van der Waals surface area contributed by atoms with Crippen molar-refractivity contribution in [3.63, 3.8) is 0 Å². The van der Waals surface area contributed by atoms with Crippen LogP contribution in [0.3, 0.4) is 0 Å². The summed E-state index contributed by atoms with van der Waals surface area (Å²) in [6.45, 7) is 12.5. The Bertz CT molecular complexity index is 2090. The predicted molar refractivity (Wildman–Crippen MR) is 349 cm³/mol. The van der Waals surface area contributed by atoms with Gasteiger partial charge in [0, 0.05) is 25.7 Å². The zero-order chi connectivity index (χ0) is 60.9. The number of aromatic nitrogens is 2. The van der Waals surface area contributed by atoms with Gasteiger partial charge in [-0.1, -0.05) is 245 Å². The number of imidazole rings is 1. The van der Waals surface area contributed by atoms with Crippen molar-refractivity contribution in [3.8, 4) is 23.0 Å². The van der Waals surface area contributed by atoms with Crippen LogP contribution in [0.1, 0.15) is 296 Å². The first-order valence-corrected chi connectivity index (χ1v) is 35.2. The number of benzene rings is 2. The van der Waals surface area contributed by atoms with Gasteiger partial charge in [-0.15, -0.1) is 0 Å². The number of unbranched alkanes of at least 4 members (excludes halogenated alkanes) is 32. The van der Waals surface area contributed by atoms with Gasteiger partial charge in [-0.3, -0.25) is 9.59 Å². The molecule has 0 aliphatic heterocycles. The van der Waals surface area contributed by atoms with Gasteiger partial charge in [0.1, 0.15) is 18.4 Å². The number of amides is 1. The summed E-state index contributed by atoms with van der Waals surface area (Å²) in [6.07, 6.45) is 52.7. The molecule has 0 saturated carbocycles. The lowest BCUT2D eigenvalue weighted by Gasteiger charge is -2.18. The lowest BCUT2D eigenvalue weighted by atomic mass is 10.1. The maximum absolute atomic E-state index is 13.8. The molecule has 12 nitrogen and oxygen atoms in total. The number of hydrogen-bond donors (Lipinski definition) is 1. The summed E-state index contributed by atoms with van der Waals surface area (Å²) >= 11 is 0. The number of ether oxygens (including phenoxy) is 6. The maximum atomic E-state index is 13.8. The molecular formula is C73H124N3O9+. The van der Waals surface area contributed by atoms with Crippen LogP contribution in [-0.4, -0.2) is 68.1 Å². The number of aryl methyl sites for hydroxylation is 2. The molecule has 1 N–H and O–H groups in total. The van der Waals surface area contributed by atoms with Gasteiger partial charge in [0.2, 0.25) is 12.2 Å². The van der Waals surface area contributed by atoms with E-state index in [0.29, 0.717) is 52.2 Å². The molecule has 0 aliphatic carbocycles. The quantitative estimate of drug-likeness (QED) is 0.0334. The van der Waals surface area contributed by atoms with Crippen molar-refractivity contribution < 1.29 is 47.4 Å². The van der Waals surface area contributed by atoms with Crippen LogP contribution in [0, 0.1) is 0 Å². The highest BCUT2D eigenvalue weighted by atomic mass is 16.5.